The zero-order chi connectivity index (χ0) is 18.0. The molecular weight excluding hydrogens is 344 g/mol. The third kappa shape index (κ3) is 4.15. The Morgan fingerprint density at radius 2 is 1.92 bits per heavy atom. The molecule has 0 bridgehead atoms. The quantitative estimate of drug-likeness (QED) is 0.739. The topological polar surface area (TPSA) is 113 Å². The number of carbonyl (C=O) groups is 2. The van der Waals surface area contributed by atoms with Crippen LogP contribution in [0.1, 0.15) is 24.4 Å². The zero-order valence-electron chi connectivity index (χ0n) is 13.3. The fourth-order valence-electron chi connectivity index (χ4n) is 2.92. The second kappa shape index (κ2) is 6.81. The predicted molar refractivity (Wildman–Crippen MR) is 92.4 cm³/mol. The summed E-state index contributed by atoms with van der Waals surface area (Å²) >= 11 is 0. The van der Waals surface area contributed by atoms with Crippen LogP contribution in [0.4, 0.5) is 0 Å². The van der Waals surface area contributed by atoms with Gasteiger partial charge in [0.15, 0.2) is 0 Å². The van der Waals surface area contributed by atoms with Gasteiger partial charge in [0.05, 0.1) is 18.2 Å². The minimum absolute atomic E-state index is 0.106. The Morgan fingerprint density at radius 1 is 1.20 bits per heavy atom. The molecular formula is C17H18N2O5S. The predicted octanol–water partition coefficient (Wildman–Crippen LogP) is 1.16. The first-order valence-electron chi connectivity index (χ1n) is 7.85. The minimum atomic E-state index is -3.42. The van der Waals surface area contributed by atoms with E-state index in [-0.39, 0.29) is 18.6 Å². The number of nitrogens with one attached hydrogen (secondary N) is 2. The van der Waals surface area contributed by atoms with Crippen LogP contribution >= 0.6 is 0 Å². The highest BCUT2D eigenvalue weighted by molar-refractivity contribution is 7.89. The Hall–Kier alpha value is -2.45. The summed E-state index contributed by atoms with van der Waals surface area (Å²) in [5.41, 5.74) is 0.662. The van der Waals surface area contributed by atoms with E-state index in [1.165, 1.54) is 0 Å². The van der Waals surface area contributed by atoms with Crippen molar-refractivity contribution in [3.8, 4) is 0 Å². The molecule has 25 heavy (non-hydrogen) atoms. The molecule has 2 aromatic carbocycles. The molecule has 7 nitrogen and oxygen atoms in total. The van der Waals surface area contributed by atoms with Crippen molar-refractivity contribution in [2.24, 2.45) is 0 Å². The Balaban J connectivity index is 1.83. The van der Waals surface area contributed by atoms with E-state index in [4.69, 9.17) is 5.11 Å². The summed E-state index contributed by atoms with van der Waals surface area (Å²) in [6, 6.07) is 11.5. The molecule has 1 saturated heterocycles. The maximum atomic E-state index is 12.3. The molecule has 1 aliphatic rings. The van der Waals surface area contributed by atoms with Gasteiger partial charge in [0.25, 0.3) is 0 Å². The molecule has 0 aromatic heterocycles. The van der Waals surface area contributed by atoms with E-state index < -0.39 is 34.0 Å². The number of amides is 1. The van der Waals surface area contributed by atoms with Gasteiger partial charge in [-0.05, 0) is 28.8 Å². The van der Waals surface area contributed by atoms with E-state index >= 15 is 0 Å². The second-order valence-electron chi connectivity index (χ2n) is 6.04. The number of carboxylic acids is 1. The van der Waals surface area contributed by atoms with Crippen LogP contribution in [0.2, 0.25) is 0 Å². The van der Waals surface area contributed by atoms with E-state index in [0.29, 0.717) is 5.56 Å². The summed E-state index contributed by atoms with van der Waals surface area (Å²) in [4.78, 5) is 23.5. The maximum absolute atomic E-state index is 12.3. The average molecular weight is 362 g/mol. The highest BCUT2D eigenvalue weighted by atomic mass is 32.2. The number of aliphatic carboxylic acids is 1. The van der Waals surface area contributed by atoms with Crippen LogP contribution in [0.3, 0.4) is 0 Å². The molecule has 3 N–H and O–H groups in total. The number of hydrogen-bond acceptors (Lipinski definition) is 4. The first-order valence-corrected chi connectivity index (χ1v) is 9.50. The molecule has 0 aliphatic carbocycles. The molecule has 3 rings (SSSR count). The Morgan fingerprint density at radius 3 is 2.56 bits per heavy atom. The summed E-state index contributed by atoms with van der Waals surface area (Å²) in [7, 11) is -3.42. The largest absolute Gasteiger partial charge is 0.481 e. The van der Waals surface area contributed by atoms with Gasteiger partial charge in [-0.25, -0.2) is 13.1 Å². The summed E-state index contributed by atoms with van der Waals surface area (Å²) in [6.45, 7) is 0. The first kappa shape index (κ1) is 17.4. The highest BCUT2D eigenvalue weighted by Crippen LogP contribution is 2.23. The standard InChI is InChI=1S/C17H18N2O5S/c20-16(21)10-15(18-17(22)14-7-8-25(23,24)19-14)13-6-5-11-3-1-2-4-12(11)9-13/h1-6,9,14-15,19H,7-8,10H2,(H,18,22)(H,20,21)/t14?,15-/m0/s1. The Kier molecular flexibility index (Phi) is 4.73. The van der Waals surface area contributed by atoms with Crippen LogP contribution in [0.25, 0.3) is 10.8 Å². The van der Waals surface area contributed by atoms with Crippen LogP contribution in [0, 0.1) is 0 Å². The number of carbonyl (C=O) groups excluding carboxylic acids is 1. The fourth-order valence-corrected chi connectivity index (χ4v) is 4.24. The monoisotopic (exact) mass is 362 g/mol. The van der Waals surface area contributed by atoms with Crippen molar-refractivity contribution in [2.45, 2.75) is 24.9 Å². The van der Waals surface area contributed by atoms with Crippen LogP contribution in [-0.2, 0) is 19.6 Å². The van der Waals surface area contributed by atoms with Gasteiger partial charge < -0.3 is 10.4 Å². The highest BCUT2D eigenvalue weighted by Gasteiger charge is 2.33. The smallest absolute Gasteiger partial charge is 0.305 e. The number of hydrogen-bond donors (Lipinski definition) is 3. The maximum Gasteiger partial charge on any atom is 0.305 e. The van der Waals surface area contributed by atoms with E-state index in [2.05, 4.69) is 10.0 Å². The molecule has 1 unspecified atom stereocenters. The molecule has 132 valence electrons. The number of rotatable bonds is 5. The van der Waals surface area contributed by atoms with Crippen molar-refractivity contribution >= 4 is 32.7 Å². The van der Waals surface area contributed by atoms with Crippen LogP contribution in [-0.4, -0.2) is 37.2 Å². The van der Waals surface area contributed by atoms with E-state index in [1.54, 1.807) is 6.07 Å². The van der Waals surface area contributed by atoms with Gasteiger partial charge in [-0.2, -0.15) is 0 Å². The molecule has 2 atom stereocenters. The molecule has 1 amide bonds. The lowest BCUT2D eigenvalue weighted by Crippen LogP contribution is -2.43. The van der Waals surface area contributed by atoms with Crippen molar-refractivity contribution < 1.29 is 23.1 Å². The molecule has 1 heterocycles. The van der Waals surface area contributed by atoms with Gasteiger partial charge in [0.2, 0.25) is 15.9 Å². The van der Waals surface area contributed by atoms with Gasteiger partial charge in [-0.1, -0.05) is 36.4 Å². The molecule has 0 radical (unpaired) electrons. The van der Waals surface area contributed by atoms with Crippen molar-refractivity contribution in [3.63, 3.8) is 0 Å². The average Bonchev–Trinajstić information content (AvgIpc) is 2.93. The van der Waals surface area contributed by atoms with Gasteiger partial charge in [0, 0.05) is 0 Å². The number of sulfonamides is 1. The molecule has 1 fully saturated rings. The van der Waals surface area contributed by atoms with Crippen molar-refractivity contribution in [1.29, 1.82) is 0 Å². The van der Waals surface area contributed by atoms with Crippen LogP contribution < -0.4 is 10.0 Å². The summed E-state index contributed by atoms with van der Waals surface area (Å²) in [5.74, 6) is -1.67. The van der Waals surface area contributed by atoms with E-state index in [1.807, 2.05) is 36.4 Å². The SMILES string of the molecule is O=C(O)C[C@H](NC(=O)C1CCS(=O)(=O)N1)c1ccc2ccccc2c1. The summed E-state index contributed by atoms with van der Waals surface area (Å²) < 4.78 is 25.2. The van der Waals surface area contributed by atoms with Crippen molar-refractivity contribution in [1.82, 2.24) is 10.0 Å². The van der Waals surface area contributed by atoms with Crippen molar-refractivity contribution in [3.05, 3.63) is 48.0 Å². The molecule has 2 aromatic rings. The lowest BCUT2D eigenvalue weighted by Gasteiger charge is -2.20. The first-order chi connectivity index (χ1) is 11.8. The summed E-state index contributed by atoms with van der Waals surface area (Å²) in [5, 5.41) is 13.8. The van der Waals surface area contributed by atoms with Gasteiger partial charge >= 0.3 is 5.97 Å². The third-order valence-electron chi connectivity index (χ3n) is 4.18. The molecule has 0 spiro atoms. The van der Waals surface area contributed by atoms with Crippen molar-refractivity contribution in [2.75, 3.05) is 5.75 Å². The Labute approximate surface area is 145 Å². The third-order valence-corrected chi connectivity index (χ3v) is 5.60. The number of benzene rings is 2. The normalized spacial score (nSPS) is 20.2. The van der Waals surface area contributed by atoms with Crippen LogP contribution in [0.15, 0.2) is 42.5 Å². The Bertz CT molecular complexity index is 926. The zero-order valence-corrected chi connectivity index (χ0v) is 14.1. The molecule has 1 aliphatic heterocycles. The van der Waals surface area contributed by atoms with Gasteiger partial charge in [-0.15, -0.1) is 0 Å². The lowest BCUT2D eigenvalue weighted by atomic mass is 9.99. The van der Waals surface area contributed by atoms with Crippen LogP contribution in [0.5, 0.6) is 0 Å². The summed E-state index contributed by atoms with van der Waals surface area (Å²) in [6.07, 6.45) is -0.116. The fraction of sp³-hybridized carbons (Fsp3) is 0.294. The lowest BCUT2D eigenvalue weighted by molar-refractivity contribution is -0.137. The number of carboxylic acid groups (broad SMARTS) is 1. The van der Waals surface area contributed by atoms with E-state index in [0.717, 1.165) is 10.8 Å². The van der Waals surface area contributed by atoms with Gasteiger partial charge in [0.1, 0.15) is 6.04 Å². The molecule has 8 heteroatoms. The number of fused-ring (bicyclic) bond motifs is 1. The molecule has 0 saturated carbocycles. The minimum Gasteiger partial charge on any atom is -0.481 e. The second-order valence-corrected chi connectivity index (χ2v) is 7.92. The van der Waals surface area contributed by atoms with E-state index in [9.17, 15) is 18.0 Å². The van der Waals surface area contributed by atoms with Gasteiger partial charge in [-0.3, -0.25) is 9.59 Å².